The summed E-state index contributed by atoms with van der Waals surface area (Å²) in [7, 11) is -3.85. The van der Waals surface area contributed by atoms with Crippen molar-refractivity contribution in [3.8, 4) is 6.07 Å². The summed E-state index contributed by atoms with van der Waals surface area (Å²) in [4.78, 5) is 11.6. The summed E-state index contributed by atoms with van der Waals surface area (Å²) in [5.74, 6) is -2.00. The predicted octanol–water partition coefficient (Wildman–Crippen LogP) is 0.915. The minimum atomic E-state index is -3.85. The lowest BCUT2D eigenvalue weighted by Crippen LogP contribution is -2.40. The summed E-state index contributed by atoms with van der Waals surface area (Å²) >= 11 is 0. The highest BCUT2D eigenvalue weighted by atomic mass is 32.2. The van der Waals surface area contributed by atoms with Crippen molar-refractivity contribution in [1.82, 2.24) is 4.31 Å². The molecule has 0 N–H and O–H groups in total. The van der Waals surface area contributed by atoms with E-state index in [4.69, 9.17) is 14.7 Å². The second-order valence-electron chi connectivity index (χ2n) is 4.83. The van der Waals surface area contributed by atoms with Gasteiger partial charge >= 0.3 is 5.97 Å². The molecule has 0 radical (unpaired) electrons. The van der Waals surface area contributed by atoms with Crippen LogP contribution in [-0.4, -0.2) is 51.1 Å². The quantitative estimate of drug-likeness (QED) is 0.755. The Morgan fingerprint density at radius 3 is 2.70 bits per heavy atom. The Morgan fingerprint density at radius 2 is 2.09 bits per heavy atom. The first-order valence-corrected chi connectivity index (χ1v) is 8.28. The molecule has 0 aromatic heterocycles. The molecular formula is C14H15FN2O5S. The molecule has 1 aliphatic rings. The molecule has 1 fully saturated rings. The standard InChI is InChI=1S/C14H15FN2O5S/c1-10(9-16)22-14(18)12-8-11(2-3-13(12)15)23(19,20)17-4-6-21-7-5-17/h2-3,8,10H,4-7H2,1H3/t10-/m0/s1. The van der Waals surface area contributed by atoms with Crippen molar-refractivity contribution in [1.29, 1.82) is 5.26 Å². The van der Waals surface area contributed by atoms with Gasteiger partial charge in [0.15, 0.2) is 6.10 Å². The third-order valence-electron chi connectivity index (χ3n) is 3.23. The number of carbonyl (C=O) groups excluding carboxylic acids is 1. The van der Waals surface area contributed by atoms with E-state index in [9.17, 15) is 17.6 Å². The second kappa shape index (κ2) is 7.04. The number of ether oxygens (including phenoxy) is 2. The molecule has 9 heteroatoms. The molecule has 0 aliphatic carbocycles. The van der Waals surface area contributed by atoms with Gasteiger partial charge in [-0.1, -0.05) is 0 Å². The van der Waals surface area contributed by atoms with Crippen LogP contribution in [0.4, 0.5) is 4.39 Å². The Balaban J connectivity index is 2.33. The fourth-order valence-electron chi connectivity index (χ4n) is 2.01. The number of nitriles is 1. The van der Waals surface area contributed by atoms with Crippen molar-refractivity contribution in [2.24, 2.45) is 0 Å². The molecule has 1 atom stereocenters. The van der Waals surface area contributed by atoms with Crippen molar-refractivity contribution >= 4 is 16.0 Å². The molecule has 1 aromatic carbocycles. The van der Waals surface area contributed by atoms with Gasteiger partial charge in [-0.2, -0.15) is 9.57 Å². The van der Waals surface area contributed by atoms with Gasteiger partial charge < -0.3 is 9.47 Å². The number of hydrogen-bond donors (Lipinski definition) is 0. The summed E-state index contributed by atoms with van der Waals surface area (Å²) in [6, 6.07) is 4.58. The molecular weight excluding hydrogens is 327 g/mol. The lowest BCUT2D eigenvalue weighted by atomic mass is 10.2. The molecule has 0 unspecified atom stereocenters. The molecule has 23 heavy (non-hydrogen) atoms. The van der Waals surface area contributed by atoms with Gasteiger partial charge in [-0.05, 0) is 25.1 Å². The number of esters is 1. The van der Waals surface area contributed by atoms with Crippen LogP contribution in [-0.2, 0) is 19.5 Å². The van der Waals surface area contributed by atoms with Gasteiger partial charge in [0.05, 0.1) is 23.7 Å². The van der Waals surface area contributed by atoms with Crippen LogP contribution in [0, 0.1) is 17.1 Å². The highest BCUT2D eigenvalue weighted by Gasteiger charge is 2.28. The number of benzene rings is 1. The van der Waals surface area contributed by atoms with Crippen LogP contribution in [0.3, 0.4) is 0 Å². The van der Waals surface area contributed by atoms with Crippen LogP contribution in [0.2, 0.25) is 0 Å². The lowest BCUT2D eigenvalue weighted by Gasteiger charge is -2.26. The minimum absolute atomic E-state index is 0.185. The number of rotatable bonds is 4. The maximum Gasteiger partial charge on any atom is 0.342 e. The maximum absolute atomic E-state index is 13.8. The van der Waals surface area contributed by atoms with Crippen LogP contribution < -0.4 is 0 Å². The number of hydrogen-bond acceptors (Lipinski definition) is 6. The molecule has 1 saturated heterocycles. The van der Waals surface area contributed by atoms with Gasteiger partial charge in [-0.25, -0.2) is 17.6 Å². The third kappa shape index (κ3) is 3.85. The van der Waals surface area contributed by atoms with Gasteiger partial charge in [-0.3, -0.25) is 0 Å². The number of sulfonamides is 1. The molecule has 0 saturated carbocycles. The van der Waals surface area contributed by atoms with Gasteiger partial charge in [-0.15, -0.1) is 0 Å². The first-order valence-electron chi connectivity index (χ1n) is 6.84. The smallest absolute Gasteiger partial charge is 0.342 e. The van der Waals surface area contributed by atoms with Gasteiger partial charge in [0.2, 0.25) is 10.0 Å². The van der Waals surface area contributed by atoms with Crippen molar-refractivity contribution < 1.29 is 27.1 Å². The molecule has 0 amide bonds. The summed E-state index contributed by atoms with van der Waals surface area (Å²) in [5, 5.41) is 8.62. The number of nitrogens with zero attached hydrogens (tertiary/aromatic N) is 2. The van der Waals surface area contributed by atoms with E-state index in [1.165, 1.54) is 11.2 Å². The van der Waals surface area contributed by atoms with Crippen LogP contribution in [0.5, 0.6) is 0 Å². The Bertz CT molecular complexity index is 738. The molecule has 124 valence electrons. The number of halogens is 1. The van der Waals surface area contributed by atoms with Crippen molar-refractivity contribution in [3.63, 3.8) is 0 Å². The Hall–Kier alpha value is -2.02. The molecule has 1 heterocycles. The fourth-order valence-corrected chi connectivity index (χ4v) is 3.44. The first-order chi connectivity index (χ1) is 10.9. The average Bonchev–Trinajstić information content (AvgIpc) is 2.55. The minimum Gasteiger partial charge on any atom is -0.444 e. The molecule has 0 spiro atoms. The van der Waals surface area contributed by atoms with E-state index < -0.39 is 33.5 Å². The average molecular weight is 342 g/mol. The maximum atomic E-state index is 13.8. The summed E-state index contributed by atoms with van der Waals surface area (Å²) < 4.78 is 49.8. The second-order valence-corrected chi connectivity index (χ2v) is 6.77. The molecule has 7 nitrogen and oxygen atoms in total. The summed E-state index contributed by atoms with van der Waals surface area (Å²) in [6.07, 6.45) is -1.07. The van der Waals surface area contributed by atoms with Gasteiger partial charge in [0.1, 0.15) is 11.9 Å². The van der Waals surface area contributed by atoms with Crippen molar-refractivity contribution in [3.05, 3.63) is 29.6 Å². The Labute approximate surface area is 133 Å². The Kier molecular flexibility index (Phi) is 5.30. The van der Waals surface area contributed by atoms with Crippen LogP contribution >= 0.6 is 0 Å². The molecule has 0 bridgehead atoms. The van der Waals surface area contributed by atoms with E-state index in [-0.39, 0.29) is 31.2 Å². The van der Waals surface area contributed by atoms with E-state index in [0.717, 1.165) is 18.2 Å². The van der Waals surface area contributed by atoms with Crippen molar-refractivity contribution in [2.45, 2.75) is 17.9 Å². The molecule has 1 aliphatic heterocycles. The largest absolute Gasteiger partial charge is 0.444 e. The zero-order valence-corrected chi connectivity index (χ0v) is 13.2. The Morgan fingerprint density at radius 1 is 1.43 bits per heavy atom. The highest BCUT2D eigenvalue weighted by molar-refractivity contribution is 7.89. The lowest BCUT2D eigenvalue weighted by molar-refractivity contribution is 0.0429. The van der Waals surface area contributed by atoms with Crippen molar-refractivity contribution in [2.75, 3.05) is 26.3 Å². The number of morpholine rings is 1. The van der Waals surface area contributed by atoms with E-state index >= 15 is 0 Å². The van der Waals surface area contributed by atoms with Crippen LogP contribution in [0.1, 0.15) is 17.3 Å². The fraction of sp³-hybridized carbons (Fsp3) is 0.429. The zero-order valence-electron chi connectivity index (χ0n) is 12.4. The third-order valence-corrected chi connectivity index (χ3v) is 5.13. The van der Waals surface area contributed by atoms with E-state index in [0.29, 0.717) is 0 Å². The summed E-state index contributed by atoms with van der Waals surface area (Å²) in [5.41, 5.74) is -0.526. The first kappa shape index (κ1) is 17.3. The van der Waals surface area contributed by atoms with Crippen LogP contribution in [0.25, 0.3) is 0 Å². The monoisotopic (exact) mass is 342 g/mol. The van der Waals surface area contributed by atoms with E-state index in [1.54, 1.807) is 6.07 Å². The molecule has 2 rings (SSSR count). The van der Waals surface area contributed by atoms with E-state index in [2.05, 4.69) is 0 Å². The van der Waals surface area contributed by atoms with E-state index in [1.807, 2.05) is 0 Å². The van der Waals surface area contributed by atoms with Gasteiger partial charge in [0, 0.05) is 13.1 Å². The SMILES string of the molecule is C[C@@H](C#N)OC(=O)c1cc(S(=O)(=O)N2CCOCC2)ccc1F. The normalized spacial score (nSPS) is 17.3. The summed E-state index contributed by atoms with van der Waals surface area (Å²) in [6.45, 7) is 2.24. The zero-order chi connectivity index (χ0) is 17.0. The topological polar surface area (TPSA) is 96.7 Å². The van der Waals surface area contributed by atoms with Gasteiger partial charge in [0.25, 0.3) is 0 Å². The van der Waals surface area contributed by atoms with Crippen LogP contribution in [0.15, 0.2) is 23.1 Å². The predicted molar refractivity (Wildman–Crippen MR) is 76.5 cm³/mol. The molecule has 1 aromatic rings. The highest BCUT2D eigenvalue weighted by Crippen LogP contribution is 2.21. The number of carbonyl (C=O) groups is 1.